The number of hydrogen-bond acceptors (Lipinski definition) is 3. The van der Waals surface area contributed by atoms with Gasteiger partial charge in [0.05, 0.1) is 5.58 Å². The Morgan fingerprint density at radius 3 is 2.32 bits per heavy atom. The van der Waals surface area contributed by atoms with E-state index in [1.165, 1.54) is 22.3 Å². The van der Waals surface area contributed by atoms with E-state index in [-0.39, 0.29) is 20.1 Å². The van der Waals surface area contributed by atoms with Gasteiger partial charge in [-0.05, 0) is 48.0 Å². The number of aryl methyl sites for hydroxylation is 2. The zero-order valence-corrected chi connectivity index (χ0v) is 25.3. The minimum atomic E-state index is 0. The van der Waals surface area contributed by atoms with E-state index >= 15 is 0 Å². The van der Waals surface area contributed by atoms with Crippen molar-refractivity contribution in [2.45, 2.75) is 20.3 Å². The van der Waals surface area contributed by atoms with Crippen molar-refractivity contribution < 1.29 is 24.5 Å². The Labute approximate surface area is 254 Å². The molecule has 0 unspecified atom stereocenters. The molecule has 3 heterocycles. The van der Waals surface area contributed by atoms with E-state index in [2.05, 4.69) is 78.4 Å². The summed E-state index contributed by atoms with van der Waals surface area (Å²) in [6.07, 6.45) is 4.79. The van der Waals surface area contributed by atoms with Crippen molar-refractivity contribution >= 4 is 21.9 Å². The van der Waals surface area contributed by atoms with Crippen molar-refractivity contribution in [2.75, 3.05) is 0 Å². The molecule has 7 aromatic rings. The van der Waals surface area contributed by atoms with E-state index in [0.717, 1.165) is 50.9 Å². The zero-order valence-electron chi connectivity index (χ0n) is 22.9. The van der Waals surface area contributed by atoms with Crippen molar-refractivity contribution in [3.8, 4) is 33.6 Å². The average Bonchev–Trinajstić information content (AvgIpc) is 3.41. The van der Waals surface area contributed by atoms with Gasteiger partial charge in [0.25, 0.3) is 0 Å². The molecule has 41 heavy (non-hydrogen) atoms. The van der Waals surface area contributed by atoms with Crippen molar-refractivity contribution in [2.24, 2.45) is 0 Å². The number of fused-ring (bicyclic) bond motifs is 3. The monoisotopic (exact) mass is 709 g/mol. The normalized spacial score (nSPS) is 10.6. The minimum absolute atomic E-state index is 0. The molecule has 0 aliphatic rings. The van der Waals surface area contributed by atoms with Crippen LogP contribution in [-0.4, -0.2) is 9.97 Å². The van der Waals surface area contributed by atoms with Crippen LogP contribution in [0.1, 0.15) is 18.1 Å². The Hall–Kier alpha value is -4.37. The molecule has 0 amide bonds. The summed E-state index contributed by atoms with van der Waals surface area (Å²) in [5.74, 6) is 0. The molecule has 1 radical (unpaired) electrons. The van der Waals surface area contributed by atoms with E-state index in [0.29, 0.717) is 0 Å². The molecule has 0 bridgehead atoms. The maximum absolute atomic E-state index is 6.01. The van der Waals surface area contributed by atoms with Crippen LogP contribution in [0.3, 0.4) is 0 Å². The van der Waals surface area contributed by atoms with Gasteiger partial charge in [-0.2, -0.15) is 0 Å². The second-order valence-electron chi connectivity index (χ2n) is 9.63. The molecule has 4 aromatic carbocycles. The number of aromatic nitrogens is 2. The summed E-state index contributed by atoms with van der Waals surface area (Å²) in [4.78, 5) is 9.04. The molecule has 0 aliphatic heterocycles. The average molecular weight is 709 g/mol. The van der Waals surface area contributed by atoms with Gasteiger partial charge >= 0.3 is 0 Å². The smallest absolute Gasteiger partial charge is 0.120 e. The van der Waals surface area contributed by atoms with Crippen LogP contribution in [0, 0.1) is 19.1 Å². The number of para-hydroxylation sites is 1. The SMILES string of the molecule is CCc1cc(-c2[c-]cccc2)ncc1-c1ccccc1.Cc1ccnc(-c2[c-]ccc3c2oc2ccccc23)c1.[Ir]. The van der Waals surface area contributed by atoms with Crippen LogP contribution >= 0.6 is 0 Å². The fraction of sp³-hybridized carbons (Fsp3) is 0.0811. The van der Waals surface area contributed by atoms with Crippen LogP contribution in [-0.2, 0) is 26.5 Å². The van der Waals surface area contributed by atoms with Crippen LogP contribution in [0.2, 0.25) is 0 Å². The fourth-order valence-electron chi connectivity index (χ4n) is 4.92. The largest absolute Gasteiger partial charge is 0.501 e. The third-order valence-corrected chi connectivity index (χ3v) is 6.95. The minimum Gasteiger partial charge on any atom is -0.501 e. The number of hydrogen-bond donors (Lipinski definition) is 0. The second kappa shape index (κ2) is 12.9. The van der Waals surface area contributed by atoms with Crippen LogP contribution in [0.15, 0.2) is 126 Å². The van der Waals surface area contributed by atoms with E-state index < -0.39 is 0 Å². The van der Waals surface area contributed by atoms with Crippen LogP contribution in [0.4, 0.5) is 0 Å². The van der Waals surface area contributed by atoms with E-state index in [1.807, 2.05) is 79.1 Å². The van der Waals surface area contributed by atoms with E-state index in [4.69, 9.17) is 4.42 Å². The van der Waals surface area contributed by atoms with Gasteiger partial charge in [-0.15, -0.1) is 54.1 Å². The Morgan fingerprint density at radius 1 is 0.732 bits per heavy atom. The predicted octanol–water partition coefficient (Wildman–Crippen LogP) is 9.53. The molecular formula is C37H28IrN2O-2. The molecule has 7 rings (SSSR count). The maximum atomic E-state index is 6.01. The first-order chi connectivity index (χ1) is 19.7. The molecule has 0 atom stereocenters. The number of pyridine rings is 2. The van der Waals surface area contributed by atoms with Gasteiger partial charge in [-0.1, -0.05) is 84.1 Å². The van der Waals surface area contributed by atoms with Crippen molar-refractivity contribution in [3.63, 3.8) is 0 Å². The summed E-state index contributed by atoms with van der Waals surface area (Å²) in [6.45, 7) is 4.24. The molecule has 0 N–H and O–H groups in total. The van der Waals surface area contributed by atoms with Gasteiger partial charge in [0.1, 0.15) is 5.58 Å². The van der Waals surface area contributed by atoms with Gasteiger partial charge in [-0.3, -0.25) is 0 Å². The van der Waals surface area contributed by atoms with Gasteiger partial charge in [-0.25, -0.2) is 0 Å². The molecule has 3 nitrogen and oxygen atoms in total. The Balaban J connectivity index is 0.000000161. The standard InChI is InChI=1S/C19H16N.C18H12NO.Ir/c1-2-15-13-19(17-11-7-4-8-12-17)20-14-18(15)16-9-5-3-6-10-16;1-12-9-10-19-16(11-12)15-7-4-6-14-13-5-2-3-8-17(13)20-18(14)15;/h3-11,13-14H,2H2,1H3;2-6,8-11H,1H3;/q2*-1;. The second-order valence-corrected chi connectivity index (χ2v) is 9.63. The first-order valence-corrected chi connectivity index (χ1v) is 13.5. The molecule has 0 saturated carbocycles. The molecule has 0 fully saturated rings. The fourth-order valence-corrected chi connectivity index (χ4v) is 4.92. The van der Waals surface area contributed by atoms with Crippen molar-refractivity contribution in [3.05, 3.63) is 145 Å². The first-order valence-electron chi connectivity index (χ1n) is 13.5. The van der Waals surface area contributed by atoms with Crippen LogP contribution < -0.4 is 0 Å². The van der Waals surface area contributed by atoms with E-state index in [9.17, 15) is 0 Å². The molecule has 0 spiro atoms. The van der Waals surface area contributed by atoms with Crippen LogP contribution in [0.25, 0.3) is 55.6 Å². The molecule has 4 heteroatoms. The van der Waals surface area contributed by atoms with Gasteiger partial charge < -0.3 is 14.4 Å². The number of furan rings is 1. The molecule has 0 aliphatic carbocycles. The van der Waals surface area contributed by atoms with Crippen LogP contribution in [0.5, 0.6) is 0 Å². The van der Waals surface area contributed by atoms with Gasteiger partial charge in [0.15, 0.2) is 0 Å². The Bertz CT molecular complexity index is 1900. The van der Waals surface area contributed by atoms with Gasteiger partial charge in [0, 0.05) is 43.4 Å². The molecular weight excluding hydrogens is 681 g/mol. The third-order valence-electron chi connectivity index (χ3n) is 6.95. The number of benzene rings is 4. The first kappa shape index (κ1) is 28.2. The molecule has 0 saturated heterocycles. The third kappa shape index (κ3) is 6.05. The summed E-state index contributed by atoms with van der Waals surface area (Å²) in [5.41, 5.74) is 10.5. The predicted molar refractivity (Wildman–Crippen MR) is 164 cm³/mol. The number of nitrogens with zero attached hydrogens (tertiary/aromatic N) is 2. The summed E-state index contributed by atoms with van der Waals surface area (Å²) in [6, 6.07) is 43.1. The Kier molecular flexibility index (Phi) is 8.84. The summed E-state index contributed by atoms with van der Waals surface area (Å²) in [7, 11) is 0. The number of rotatable bonds is 4. The Morgan fingerprint density at radius 2 is 1.54 bits per heavy atom. The topological polar surface area (TPSA) is 38.9 Å². The maximum Gasteiger partial charge on any atom is 0.120 e. The quantitative estimate of drug-likeness (QED) is 0.171. The summed E-state index contributed by atoms with van der Waals surface area (Å²) < 4.78 is 6.01. The summed E-state index contributed by atoms with van der Waals surface area (Å²) in [5, 5.41) is 2.24. The van der Waals surface area contributed by atoms with Crippen molar-refractivity contribution in [1.82, 2.24) is 9.97 Å². The van der Waals surface area contributed by atoms with Crippen molar-refractivity contribution in [1.29, 1.82) is 0 Å². The van der Waals surface area contributed by atoms with Gasteiger partial charge in [0.2, 0.25) is 0 Å². The molecule has 203 valence electrons. The zero-order chi connectivity index (χ0) is 27.3. The van der Waals surface area contributed by atoms with E-state index in [1.54, 1.807) is 0 Å². The summed E-state index contributed by atoms with van der Waals surface area (Å²) >= 11 is 0. The molecule has 3 aromatic heterocycles.